The lowest BCUT2D eigenvalue weighted by Gasteiger charge is -2.11. The molecule has 0 saturated carbocycles. The molecular formula is C11H8F3N3O2. The predicted octanol–water partition coefficient (Wildman–Crippen LogP) is 2.02. The first-order valence-electron chi connectivity index (χ1n) is 5.16. The molecule has 8 heteroatoms. The molecule has 1 amide bonds. The molecule has 0 saturated heterocycles. The van der Waals surface area contributed by atoms with Gasteiger partial charge in [0.25, 0.3) is 5.91 Å². The third-order valence-electron chi connectivity index (χ3n) is 2.28. The number of alkyl halides is 3. The quantitative estimate of drug-likeness (QED) is 0.927. The van der Waals surface area contributed by atoms with E-state index in [1.165, 1.54) is 12.3 Å². The summed E-state index contributed by atoms with van der Waals surface area (Å²) in [5.74, 6) is -0.632. The lowest BCUT2D eigenvalue weighted by Crippen LogP contribution is -2.25. The van der Waals surface area contributed by atoms with Crippen molar-refractivity contribution in [1.82, 2.24) is 15.3 Å². The number of nitrogens with one attached hydrogen (secondary N) is 1. The number of hydrogen-bond acceptors (Lipinski definition) is 4. The fraction of sp³-hybridized carbons (Fsp3) is 0.182. The first-order valence-corrected chi connectivity index (χ1v) is 5.16. The number of rotatable bonds is 3. The maximum absolute atomic E-state index is 12.7. The minimum atomic E-state index is -4.51. The van der Waals surface area contributed by atoms with Crippen molar-refractivity contribution >= 4 is 5.91 Å². The van der Waals surface area contributed by atoms with Gasteiger partial charge >= 0.3 is 6.18 Å². The zero-order chi connectivity index (χ0) is 13.9. The second-order valence-corrected chi connectivity index (χ2v) is 3.55. The van der Waals surface area contributed by atoms with E-state index in [0.29, 0.717) is 0 Å². The van der Waals surface area contributed by atoms with Crippen LogP contribution in [-0.2, 0) is 12.7 Å². The van der Waals surface area contributed by atoms with E-state index in [0.717, 1.165) is 18.7 Å². The van der Waals surface area contributed by atoms with Gasteiger partial charge in [-0.3, -0.25) is 9.78 Å². The Balaban J connectivity index is 2.10. The largest absolute Gasteiger partial charge is 0.451 e. The van der Waals surface area contributed by atoms with Crippen LogP contribution in [0.15, 0.2) is 35.4 Å². The number of nitrogens with zero attached hydrogens (tertiary/aromatic N) is 2. The number of hydrogen-bond donors (Lipinski definition) is 1. The molecule has 0 aliphatic rings. The van der Waals surface area contributed by atoms with Gasteiger partial charge < -0.3 is 9.73 Å². The summed E-state index contributed by atoms with van der Waals surface area (Å²) < 4.78 is 42.6. The Kier molecular flexibility index (Phi) is 3.50. The SMILES string of the molecule is O=C(NCc1ncccc1C(F)(F)F)c1cocn1. The third kappa shape index (κ3) is 3.09. The average molecular weight is 271 g/mol. The van der Waals surface area contributed by atoms with Crippen LogP contribution in [0.4, 0.5) is 13.2 Å². The first-order chi connectivity index (χ1) is 8.98. The van der Waals surface area contributed by atoms with Crippen LogP contribution in [0, 0.1) is 0 Å². The molecule has 2 rings (SSSR count). The summed E-state index contributed by atoms with van der Waals surface area (Å²) in [5.41, 5.74) is -1.15. The molecule has 2 aromatic heterocycles. The second kappa shape index (κ2) is 5.09. The van der Waals surface area contributed by atoms with E-state index in [2.05, 4.69) is 19.7 Å². The molecule has 19 heavy (non-hydrogen) atoms. The van der Waals surface area contributed by atoms with Crippen molar-refractivity contribution in [2.75, 3.05) is 0 Å². The number of amides is 1. The van der Waals surface area contributed by atoms with Crippen molar-refractivity contribution in [2.45, 2.75) is 12.7 Å². The van der Waals surface area contributed by atoms with Crippen molar-refractivity contribution in [3.8, 4) is 0 Å². The Morgan fingerprint density at radius 3 is 2.79 bits per heavy atom. The van der Waals surface area contributed by atoms with Crippen LogP contribution in [0.2, 0.25) is 0 Å². The Hall–Kier alpha value is -2.38. The van der Waals surface area contributed by atoms with E-state index in [1.807, 2.05) is 0 Å². The Morgan fingerprint density at radius 1 is 1.37 bits per heavy atom. The van der Waals surface area contributed by atoms with E-state index < -0.39 is 17.6 Å². The van der Waals surface area contributed by atoms with E-state index in [1.54, 1.807) is 0 Å². The molecule has 100 valence electrons. The molecule has 2 heterocycles. The molecular weight excluding hydrogens is 263 g/mol. The molecule has 0 spiro atoms. The van der Waals surface area contributed by atoms with Gasteiger partial charge in [-0.2, -0.15) is 13.2 Å². The zero-order valence-electron chi connectivity index (χ0n) is 9.44. The van der Waals surface area contributed by atoms with E-state index in [-0.39, 0.29) is 17.9 Å². The van der Waals surface area contributed by atoms with Crippen LogP contribution in [0.1, 0.15) is 21.7 Å². The minimum absolute atomic E-state index is 0.00973. The maximum atomic E-state index is 12.7. The predicted molar refractivity (Wildman–Crippen MR) is 56.9 cm³/mol. The zero-order valence-corrected chi connectivity index (χ0v) is 9.44. The summed E-state index contributed by atoms with van der Waals surface area (Å²) in [6, 6.07) is 2.09. The smallest absolute Gasteiger partial charge is 0.418 e. The summed E-state index contributed by atoms with van der Waals surface area (Å²) >= 11 is 0. The highest BCUT2D eigenvalue weighted by atomic mass is 19.4. The summed E-state index contributed by atoms with van der Waals surface area (Å²) in [6.45, 7) is -0.346. The summed E-state index contributed by atoms with van der Waals surface area (Å²) in [4.78, 5) is 18.7. The number of carbonyl (C=O) groups excluding carboxylic acids is 1. The van der Waals surface area contributed by atoms with Crippen LogP contribution >= 0.6 is 0 Å². The van der Waals surface area contributed by atoms with Gasteiger partial charge in [0.2, 0.25) is 0 Å². The molecule has 0 aromatic carbocycles. The number of halogens is 3. The van der Waals surface area contributed by atoms with Crippen LogP contribution in [0.25, 0.3) is 0 Å². The van der Waals surface area contributed by atoms with Gasteiger partial charge in [-0.15, -0.1) is 0 Å². The number of pyridine rings is 1. The number of carbonyl (C=O) groups is 1. The van der Waals surface area contributed by atoms with Gasteiger partial charge in [-0.1, -0.05) is 0 Å². The van der Waals surface area contributed by atoms with Crippen LogP contribution in [-0.4, -0.2) is 15.9 Å². The van der Waals surface area contributed by atoms with E-state index >= 15 is 0 Å². The standard InChI is InChI=1S/C11H8F3N3O2/c12-11(13,14)7-2-1-3-15-8(7)4-16-10(18)9-5-19-6-17-9/h1-3,5-6H,4H2,(H,16,18). The van der Waals surface area contributed by atoms with Gasteiger partial charge in [0, 0.05) is 6.20 Å². The van der Waals surface area contributed by atoms with Gasteiger partial charge in [-0.05, 0) is 12.1 Å². The van der Waals surface area contributed by atoms with Crippen molar-refractivity contribution in [1.29, 1.82) is 0 Å². The summed E-state index contributed by atoms with van der Waals surface area (Å²) in [6.07, 6.45) is -1.13. The second-order valence-electron chi connectivity index (χ2n) is 3.55. The van der Waals surface area contributed by atoms with Gasteiger partial charge in [0.1, 0.15) is 6.26 Å². The molecule has 2 aromatic rings. The average Bonchev–Trinajstić information content (AvgIpc) is 2.89. The van der Waals surface area contributed by atoms with Crippen molar-refractivity contribution in [3.05, 3.63) is 47.9 Å². The van der Waals surface area contributed by atoms with Crippen molar-refractivity contribution < 1.29 is 22.4 Å². The topological polar surface area (TPSA) is 68.0 Å². The molecule has 0 bridgehead atoms. The van der Waals surface area contributed by atoms with Crippen molar-refractivity contribution in [2.24, 2.45) is 0 Å². The summed E-state index contributed by atoms with van der Waals surface area (Å²) in [7, 11) is 0. The first kappa shape index (κ1) is 13.1. The Labute approximate surface area is 105 Å². The number of aromatic nitrogens is 2. The summed E-state index contributed by atoms with van der Waals surface area (Å²) in [5, 5.41) is 2.29. The lowest BCUT2D eigenvalue weighted by atomic mass is 10.2. The van der Waals surface area contributed by atoms with Crippen LogP contribution in [0.5, 0.6) is 0 Å². The molecule has 0 fully saturated rings. The van der Waals surface area contributed by atoms with E-state index in [9.17, 15) is 18.0 Å². The fourth-order valence-electron chi connectivity index (χ4n) is 1.42. The highest BCUT2D eigenvalue weighted by Crippen LogP contribution is 2.30. The Bertz CT molecular complexity index is 567. The monoisotopic (exact) mass is 271 g/mol. The molecule has 0 aliphatic carbocycles. The highest BCUT2D eigenvalue weighted by Gasteiger charge is 2.33. The molecule has 0 aliphatic heterocycles. The Morgan fingerprint density at radius 2 is 2.16 bits per heavy atom. The maximum Gasteiger partial charge on any atom is 0.418 e. The molecule has 1 N–H and O–H groups in total. The van der Waals surface area contributed by atoms with Crippen molar-refractivity contribution in [3.63, 3.8) is 0 Å². The molecule has 5 nitrogen and oxygen atoms in total. The van der Waals surface area contributed by atoms with Gasteiger partial charge in [0.15, 0.2) is 12.1 Å². The minimum Gasteiger partial charge on any atom is -0.451 e. The van der Waals surface area contributed by atoms with Gasteiger partial charge in [-0.25, -0.2) is 4.98 Å². The van der Waals surface area contributed by atoms with Gasteiger partial charge in [0.05, 0.1) is 17.8 Å². The normalized spacial score (nSPS) is 11.3. The van der Waals surface area contributed by atoms with Crippen LogP contribution < -0.4 is 5.32 Å². The lowest BCUT2D eigenvalue weighted by molar-refractivity contribution is -0.138. The highest BCUT2D eigenvalue weighted by molar-refractivity contribution is 5.91. The fourth-order valence-corrected chi connectivity index (χ4v) is 1.42. The van der Waals surface area contributed by atoms with Crippen LogP contribution in [0.3, 0.4) is 0 Å². The molecule has 0 radical (unpaired) electrons. The van der Waals surface area contributed by atoms with E-state index in [4.69, 9.17) is 0 Å². The number of oxazole rings is 1. The third-order valence-corrected chi connectivity index (χ3v) is 2.28. The molecule has 0 unspecified atom stereocenters. The molecule has 0 atom stereocenters.